The van der Waals surface area contributed by atoms with E-state index in [1.54, 1.807) is 20.4 Å². The third kappa shape index (κ3) is 5.44. The number of anilines is 2. The first-order chi connectivity index (χ1) is 20.0. The Kier molecular flexibility index (Phi) is 7.97. The van der Waals surface area contributed by atoms with Crippen LogP contribution in [0.5, 0.6) is 11.5 Å². The molecule has 0 bridgehead atoms. The lowest BCUT2D eigenvalue weighted by atomic mass is 9.95. The zero-order valence-corrected chi connectivity index (χ0v) is 25.9. The van der Waals surface area contributed by atoms with E-state index in [0.29, 0.717) is 16.5 Å². The maximum Gasteiger partial charge on any atom is 0.229 e. The maximum absolute atomic E-state index is 12.7. The second kappa shape index (κ2) is 11.5. The SMILES string of the molecule is COc1ccc(-n2c(C)cc([C@H]3[C@@H](c4ccccn4)NC(=S)N3c3ccc(NC(=O)C(C)(C)C)c(OC)c3)c2C)cc1. The highest BCUT2D eigenvalue weighted by atomic mass is 32.1. The van der Waals surface area contributed by atoms with Crippen LogP contribution in [-0.2, 0) is 4.79 Å². The van der Waals surface area contributed by atoms with Crippen LogP contribution in [0.2, 0.25) is 0 Å². The summed E-state index contributed by atoms with van der Waals surface area (Å²) in [6.07, 6.45) is 1.80. The lowest BCUT2D eigenvalue weighted by Gasteiger charge is -2.29. The number of rotatable bonds is 7. The van der Waals surface area contributed by atoms with Gasteiger partial charge in [0.05, 0.1) is 37.7 Å². The molecule has 1 aliphatic rings. The molecular weight excluding hydrogens is 546 g/mol. The van der Waals surface area contributed by atoms with E-state index in [1.807, 2.05) is 69.3 Å². The first-order valence-electron chi connectivity index (χ1n) is 13.9. The van der Waals surface area contributed by atoms with E-state index in [2.05, 4.69) is 52.1 Å². The highest BCUT2D eigenvalue weighted by Crippen LogP contribution is 2.45. The summed E-state index contributed by atoms with van der Waals surface area (Å²) in [6, 6.07) is 21.5. The van der Waals surface area contributed by atoms with E-state index in [0.717, 1.165) is 39.8 Å². The van der Waals surface area contributed by atoms with Crippen LogP contribution in [0, 0.1) is 19.3 Å². The molecule has 4 aromatic rings. The molecule has 2 aromatic heterocycles. The van der Waals surface area contributed by atoms with Gasteiger partial charge in [0, 0.05) is 40.4 Å². The van der Waals surface area contributed by atoms with Gasteiger partial charge in [-0.1, -0.05) is 26.8 Å². The Morgan fingerprint density at radius 3 is 2.31 bits per heavy atom. The van der Waals surface area contributed by atoms with Gasteiger partial charge in [-0.2, -0.15) is 0 Å². The summed E-state index contributed by atoms with van der Waals surface area (Å²) in [6.45, 7) is 9.87. The van der Waals surface area contributed by atoms with Crippen molar-refractivity contribution in [2.75, 3.05) is 24.4 Å². The molecule has 2 atom stereocenters. The number of nitrogens with one attached hydrogen (secondary N) is 2. The Morgan fingerprint density at radius 1 is 0.976 bits per heavy atom. The monoisotopic (exact) mass is 583 g/mol. The number of thiocarbonyl (C=S) groups is 1. The smallest absolute Gasteiger partial charge is 0.229 e. The van der Waals surface area contributed by atoms with E-state index in [4.69, 9.17) is 26.7 Å². The predicted octanol–water partition coefficient (Wildman–Crippen LogP) is 6.67. The molecular formula is C33H37N5O3S. The Balaban J connectivity index is 1.61. The van der Waals surface area contributed by atoms with Crippen LogP contribution in [0.1, 0.15) is 55.5 Å². The van der Waals surface area contributed by atoms with Gasteiger partial charge < -0.3 is 29.6 Å². The van der Waals surface area contributed by atoms with Gasteiger partial charge in [-0.15, -0.1) is 0 Å². The Hall–Kier alpha value is -4.37. The molecule has 1 fully saturated rings. The van der Waals surface area contributed by atoms with Gasteiger partial charge in [-0.05, 0) is 86.2 Å². The molecule has 3 heterocycles. The molecule has 9 heteroatoms. The second-order valence-electron chi connectivity index (χ2n) is 11.4. The van der Waals surface area contributed by atoms with Crippen molar-refractivity contribution >= 4 is 34.6 Å². The molecule has 8 nitrogen and oxygen atoms in total. The van der Waals surface area contributed by atoms with Gasteiger partial charge in [0.2, 0.25) is 5.91 Å². The van der Waals surface area contributed by atoms with E-state index >= 15 is 0 Å². The van der Waals surface area contributed by atoms with Crippen molar-refractivity contribution in [1.82, 2.24) is 14.9 Å². The van der Waals surface area contributed by atoms with Crippen LogP contribution in [-0.4, -0.2) is 34.8 Å². The van der Waals surface area contributed by atoms with Crippen molar-refractivity contribution in [3.63, 3.8) is 0 Å². The molecule has 0 radical (unpaired) electrons. The Morgan fingerprint density at radius 2 is 1.69 bits per heavy atom. The number of methoxy groups -OCH3 is 2. The predicted molar refractivity (Wildman–Crippen MR) is 171 cm³/mol. The fraction of sp³-hybridized carbons (Fsp3) is 0.303. The number of hydrogen-bond acceptors (Lipinski definition) is 5. The Labute approximate surface area is 252 Å². The minimum absolute atomic E-state index is 0.0917. The minimum atomic E-state index is -0.544. The van der Waals surface area contributed by atoms with Crippen molar-refractivity contribution < 1.29 is 14.3 Å². The van der Waals surface area contributed by atoms with Crippen LogP contribution in [0.3, 0.4) is 0 Å². The average molecular weight is 584 g/mol. The quantitative estimate of drug-likeness (QED) is 0.235. The van der Waals surface area contributed by atoms with Crippen molar-refractivity contribution in [2.45, 2.75) is 46.7 Å². The highest BCUT2D eigenvalue weighted by Gasteiger charge is 2.42. The summed E-state index contributed by atoms with van der Waals surface area (Å²) < 4.78 is 13.4. The molecule has 1 amide bonds. The van der Waals surface area contributed by atoms with E-state index in [1.165, 1.54) is 0 Å². The molecule has 42 heavy (non-hydrogen) atoms. The summed E-state index contributed by atoms with van der Waals surface area (Å²) >= 11 is 5.97. The molecule has 0 aliphatic carbocycles. The number of ether oxygens (including phenoxy) is 2. The highest BCUT2D eigenvalue weighted by molar-refractivity contribution is 7.80. The summed E-state index contributed by atoms with van der Waals surface area (Å²) in [7, 11) is 3.27. The zero-order chi connectivity index (χ0) is 30.2. The molecule has 0 spiro atoms. The molecule has 0 saturated carbocycles. The van der Waals surface area contributed by atoms with Gasteiger partial charge in [-0.3, -0.25) is 9.78 Å². The van der Waals surface area contributed by atoms with Gasteiger partial charge >= 0.3 is 0 Å². The van der Waals surface area contributed by atoms with Crippen molar-refractivity contribution in [3.05, 3.63) is 95.6 Å². The maximum atomic E-state index is 12.7. The Bertz CT molecular complexity index is 1610. The van der Waals surface area contributed by atoms with Gasteiger partial charge in [0.1, 0.15) is 11.5 Å². The third-order valence-corrected chi connectivity index (χ3v) is 7.92. The normalized spacial score (nSPS) is 16.7. The van der Waals surface area contributed by atoms with E-state index in [9.17, 15) is 4.79 Å². The number of benzene rings is 2. The van der Waals surface area contributed by atoms with Gasteiger partial charge in [0.15, 0.2) is 5.11 Å². The number of hydrogen-bond donors (Lipinski definition) is 2. The molecule has 1 saturated heterocycles. The fourth-order valence-electron chi connectivity index (χ4n) is 5.41. The van der Waals surface area contributed by atoms with Crippen molar-refractivity contribution in [2.24, 2.45) is 5.41 Å². The first-order valence-corrected chi connectivity index (χ1v) is 14.3. The van der Waals surface area contributed by atoms with Crippen LogP contribution >= 0.6 is 12.2 Å². The molecule has 2 aromatic carbocycles. The van der Waals surface area contributed by atoms with Crippen LogP contribution in [0.15, 0.2) is 72.9 Å². The molecule has 1 aliphatic heterocycles. The fourth-order valence-corrected chi connectivity index (χ4v) is 5.75. The topological polar surface area (TPSA) is 80.7 Å². The number of nitrogens with zero attached hydrogens (tertiary/aromatic N) is 3. The number of aryl methyl sites for hydroxylation is 1. The third-order valence-electron chi connectivity index (χ3n) is 7.61. The summed E-state index contributed by atoms with van der Waals surface area (Å²) in [5.41, 5.74) is 6.16. The van der Waals surface area contributed by atoms with Gasteiger partial charge in [-0.25, -0.2) is 0 Å². The van der Waals surface area contributed by atoms with Crippen molar-refractivity contribution in [3.8, 4) is 17.2 Å². The summed E-state index contributed by atoms with van der Waals surface area (Å²) in [4.78, 5) is 19.5. The van der Waals surface area contributed by atoms with E-state index in [-0.39, 0.29) is 18.0 Å². The largest absolute Gasteiger partial charge is 0.497 e. The van der Waals surface area contributed by atoms with E-state index < -0.39 is 5.41 Å². The molecule has 218 valence electrons. The summed E-state index contributed by atoms with van der Waals surface area (Å²) in [5.74, 6) is 1.27. The van der Waals surface area contributed by atoms with Crippen LogP contribution in [0.4, 0.5) is 11.4 Å². The molecule has 0 unspecified atom stereocenters. The molecule has 2 N–H and O–H groups in total. The van der Waals surface area contributed by atoms with Gasteiger partial charge in [0.25, 0.3) is 0 Å². The minimum Gasteiger partial charge on any atom is -0.497 e. The number of carbonyl (C=O) groups is 1. The lowest BCUT2D eigenvalue weighted by molar-refractivity contribution is -0.123. The standard InChI is InChI=1S/C33H37N5O3S/c1-20-18-25(21(2)37(20)22-11-14-24(40-6)15-12-22)30-29(27-10-8-9-17-34-27)36-32(42)38(30)23-13-16-26(28(19-23)41-7)35-31(39)33(3,4)5/h8-19,29-30H,1-7H3,(H,35,39)(H,36,42)/t29-,30+/m1/s1. The number of aromatic nitrogens is 2. The van der Waals surface area contributed by atoms with Crippen LogP contribution < -0.4 is 25.0 Å². The molecule has 5 rings (SSSR count). The lowest BCUT2D eigenvalue weighted by Crippen LogP contribution is -2.30. The summed E-state index contributed by atoms with van der Waals surface area (Å²) in [5, 5.41) is 7.12. The van der Waals surface area contributed by atoms with Crippen LogP contribution in [0.25, 0.3) is 5.69 Å². The number of carbonyl (C=O) groups excluding carboxylic acids is 1. The average Bonchev–Trinajstić information content (AvgIpc) is 3.47. The number of pyridine rings is 1. The van der Waals surface area contributed by atoms with Crippen molar-refractivity contribution in [1.29, 1.82) is 0 Å². The number of amides is 1. The zero-order valence-electron chi connectivity index (χ0n) is 25.1. The second-order valence-corrected chi connectivity index (χ2v) is 11.8. The first kappa shape index (κ1) is 29.1.